The molecule has 0 atom stereocenters. The van der Waals surface area contributed by atoms with E-state index in [4.69, 9.17) is 0 Å². The second-order valence-electron chi connectivity index (χ2n) is 6.48. The molecule has 4 rings (SSSR count). The van der Waals surface area contributed by atoms with Crippen molar-refractivity contribution in [2.75, 3.05) is 0 Å². The third kappa shape index (κ3) is 3.55. The fourth-order valence-electron chi connectivity index (χ4n) is 3.07. The Morgan fingerprint density at radius 2 is 1.23 bits per heavy atom. The standard InChI is InChI=1S/C24H20N2/c1-18-12-14-21(15-13-18)24-17-22(19-8-4-2-5-9-19)16-23(25-26-24)20-10-6-3-7-11-20/h2-16H,17H2,1H3. The van der Waals surface area contributed by atoms with Crippen LogP contribution in [0.15, 0.2) is 101 Å². The first-order valence-electron chi connectivity index (χ1n) is 8.82. The van der Waals surface area contributed by atoms with Gasteiger partial charge in [-0.2, -0.15) is 10.2 Å². The molecule has 0 amide bonds. The van der Waals surface area contributed by atoms with E-state index in [1.54, 1.807) is 0 Å². The largest absolute Gasteiger partial charge is 0.154 e. The van der Waals surface area contributed by atoms with Crippen molar-refractivity contribution in [2.45, 2.75) is 13.3 Å². The van der Waals surface area contributed by atoms with E-state index in [9.17, 15) is 0 Å². The molecule has 0 aromatic heterocycles. The van der Waals surface area contributed by atoms with E-state index in [0.29, 0.717) is 0 Å². The number of hydrogen-bond donors (Lipinski definition) is 0. The molecule has 0 unspecified atom stereocenters. The van der Waals surface area contributed by atoms with E-state index in [-0.39, 0.29) is 0 Å². The quantitative estimate of drug-likeness (QED) is 0.588. The van der Waals surface area contributed by atoms with Gasteiger partial charge in [0.05, 0.1) is 11.4 Å². The van der Waals surface area contributed by atoms with Gasteiger partial charge >= 0.3 is 0 Å². The molecule has 26 heavy (non-hydrogen) atoms. The molecule has 0 N–H and O–H groups in total. The number of nitrogens with zero attached hydrogens (tertiary/aromatic N) is 2. The maximum Gasteiger partial charge on any atom is 0.0932 e. The molecule has 0 spiro atoms. The minimum Gasteiger partial charge on any atom is -0.154 e. The SMILES string of the molecule is Cc1ccc(C2=NN=C(c3ccccc3)C=C(c3ccccc3)C2)cc1. The van der Waals surface area contributed by atoms with Gasteiger partial charge in [-0.25, -0.2) is 0 Å². The lowest BCUT2D eigenvalue weighted by Crippen LogP contribution is -2.02. The zero-order valence-electron chi connectivity index (χ0n) is 14.8. The molecule has 126 valence electrons. The molecule has 0 radical (unpaired) electrons. The maximum atomic E-state index is 4.61. The molecule has 2 nitrogen and oxygen atoms in total. The van der Waals surface area contributed by atoms with Crippen LogP contribution in [0.2, 0.25) is 0 Å². The summed E-state index contributed by atoms with van der Waals surface area (Å²) in [6.07, 6.45) is 2.92. The summed E-state index contributed by atoms with van der Waals surface area (Å²) in [4.78, 5) is 0. The summed E-state index contributed by atoms with van der Waals surface area (Å²) in [7, 11) is 0. The van der Waals surface area contributed by atoms with Gasteiger partial charge in [-0.05, 0) is 29.7 Å². The summed E-state index contributed by atoms with van der Waals surface area (Å²) >= 11 is 0. The smallest absolute Gasteiger partial charge is 0.0932 e. The molecule has 0 fully saturated rings. The highest BCUT2D eigenvalue weighted by molar-refractivity contribution is 6.17. The first-order chi connectivity index (χ1) is 12.8. The van der Waals surface area contributed by atoms with Crippen molar-refractivity contribution >= 4 is 17.0 Å². The molecular formula is C24H20N2. The van der Waals surface area contributed by atoms with Crippen molar-refractivity contribution in [3.8, 4) is 0 Å². The first kappa shape index (κ1) is 16.2. The van der Waals surface area contributed by atoms with Crippen molar-refractivity contribution in [3.05, 3.63) is 113 Å². The molecule has 1 heterocycles. The third-order valence-electron chi connectivity index (χ3n) is 4.55. The predicted octanol–water partition coefficient (Wildman–Crippen LogP) is 5.68. The Morgan fingerprint density at radius 3 is 1.88 bits per heavy atom. The van der Waals surface area contributed by atoms with Gasteiger partial charge in [0, 0.05) is 12.0 Å². The number of hydrogen-bond acceptors (Lipinski definition) is 2. The summed E-state index contributed by atoms with van der Waals surface area (Å²) in [6.45, 7) is 2.10. The monoisotopic (exact) mass is 336 g/mol. The van der Waals surface area contributed by atoms with Crippen LogP contribution < -0.4 is 0 Å². The molecule has 3 aromatic carbocycles. The maximum absolute atomic E-state index is 4.61. The second-order valence-corrected chi connectivity index (χ2v) is 6.48. The molecule has 0 aliphatic carbocycles. The van der Waals surface area contributed by atoms with E-state index >= 15 is 0 Å². The molecular weight excluding hydrogens is 316 g/mol. The Morgan fingerprint density at radius 1 is 0.615 bits per heavy atom. The third-order valence-corrected chi connectivity index (χ3v) is 4.55. The minimum absolute atomic E-state index is 0.757. The summed E-state index contributed by atoms with van der Waals surface area (Å²) in [5.74, 6) is 0. The normalized spacial score (nSPS) is 14.1. The van der Waals surface area contributed by atoms with Gasteiger partial charge in [0.2, 0.25) is 0 Å². The summed E-state index contributed by atoms with van der Waals surface area (Å²) in [6, 6.07) is 29.2. The van der Waals surface area contributed by atoms with Crippen LogP contribution in [0.25, 0.3) is 5.57 Å². The Balaban J connectivity index is 1.81. The summed E-state index contributed by atoms with van der Waals surface area (Å²) < 4.78 is 0. The van der Waals surface area contributed by atoms with Gasteiger partial charge in [-0.1, -0.05) is 90.5 Å². The highest BCUT2D eigenvalue weighted by Crippen LogP contribution is 2.25. The number of aryl methyl sites for hydroxylation is 1. The zero-order valence-corrected chi connectivity index (χ0v) is 14.8. The van der Waals surface area contributed by atoms with Gasteiger partial charge in [0.15, 0.2) is 0 Å². The van der Waals surface area contributed by atoms with Crippen molar-refractivity contribution in [3.63, 3.8) is 0 Å². The second kappa shape index (κ2) is 7.32. The molecule has 3 aromatic rings. The van der Waals surface area contributed by atoms with E-state index in [0.717, 1.165) is 29.0 Å². The van der Waals surface area contributed by atoms with Crippen LogP contribution in [-0.2, 0) is 0 Å². The van der Waals surface area contributed by atoms with Crippen LogP contribution in [-0.4, -0.2) is 11.4 Å². The Labute approximate surface area is 154 Å². The Bertz CT molecular complexity index is 979. The lowest BCUT2D eigenvalue weighted by molar-refractivity contribution is 1.22. The fraction of sp³-hybridized carbons (Fsp3) is 0.0833. The summed E-state index contributed by atoms with van der Waals surface area (Å²) in [5.41, 5.74) is 7.76. The van der Waals surface area contributed by atoms with Crippen LogP contribution in [0.1, 0.15) is 28.7 Å². The summed E-state index contributed by atoms with van der Waals surface area (Å²) in [5, 5.41) is 9.19. The van der Waals surface area contributed by atoms with E-state index in [1.165, 1.54) is 16.7 Å². The predicted molar refractivity (Wildman–Crippen MR) is 110 cm³/mol. The zero-order chi connectivity index (χ0) is 17.8. The van der Waals surface area contributed by atoms with Gasteiger partial charge in [0.1, 0.15) is 0 Å². The van der Waals surface area contributed by atoms with Crippen molar-refractivity contribution < 1.29 is 0 Å². The van der Waals surface area contributed by atoms with E-state index < -0.39 is 0 Å². The minimum atomic E-state index is 0.757. The van der Waals surface area contributed by atoms with Gasteiger partial charge < -0.3 is 0 Å². The molecule has 1 aliphatic rings. The lowest BCUT2D eigenvalue weighted by Gasteiger charge is -2.09. The number of benzene rings is 3. The van der Waals surface area contributed by atoms with Crippen LogP contribution in [0.3, 0.4) is 0 Å². The average Bonchev–Trinajstić information content (AvgIpc) is 2.93. The van der Waals surface area contributed by atoms with Crippen LogP contribution >= 0.6 is 0 Å². The van der Waals surface area contributed by atoms with Gasteiger partial charge in [-0.15, -0.1) is 0 Å². The molecule has 0 bridgehead atoms. The van der Waals surface area contributed by atoms with Crippen molar-refractivity contribution in [1.29, 1.82) is 0 Å². The molecule has 1 aliphatic heterocycles. The molecule has 0 saturated carbocycles. The molecule has 0 saturated heterocycles. The topological polar surface area (TPSA) is 24.7 Å². The molecule has 2 heteroatoms. The number of allylic oxidation sites excluding steroid dienone is 2. The van der Waals surface area contributed by atoms with E-state index in [1.807, 2.05) is 24.3 Å². The average molecular weight is 336 g/mol. The van der Waals surface area contributed by atoms with Gasteiger partial charge in [-0.3, -0.25) is 0 Å². The number of rotatable bonds is 3. The lowest BCUT2D eigenvalue weighted by atomic mass is 9.94. The van der Waals surface area contributed by atoms with Crippen LogP contribution in [0.5, 0.6) is 0 Å². The fourth-order valence-corrected chi connectivity index (χ4v) is 3.07. The highest BCUT2D eigenvalue weighted by Gasteiger charge is 2.14. The first-order valence-corrected chi connectivity index (χ1v) is 8.82. The van der Waals surface area contributed by atoms with Crippen LogP contribution in [0.4, 0.5) is 0 Å². The van der Waals surface area contributed by atoms with Crippen molar-refractivity contribution in [2.24, 2.45) is 10.2 Å². The Hall–Kier alpha value is -3.26. The Kier molecular flexibility index (Phi) is 4.57. The van der Waals surface area contributed by atoms with Crippen molar-refractivity contribution in [1.82, 2.24) is 0 Å². The van der Waals surface area contributed by atoms with E-state index in [2.05, 4.69) is 83.9 Å². The van der Waals surface area contributed by atoms with Crippen LogP contribution in [0, 0.1) is 6.92 Å². The highest BCUT2D eigenvalue weighted by atomic mass is 15.2. The van der Waals surface area contributed by atoms with Gasteiger partial charge in [0.25, 0.3) is 0 Å².